The van der Waals surface area contributed by atoms with Crippen molar-refractivity contribution in [2.75, 3.05) is 0 Å². The van der Waals surface area contributed by atoms with Crippen LogP contribution in [0.4, 0.5) is 0 Å². The Bertz CT molecular complexity index is 561. The minimum Gasteiger partial charge on any atom is -0.437 e. The predicted molar refractivity (Wildman–Crippen MR) is 75.1 cm³/mol. The van der Waals surface area contributed by atoms with Crippen LogP contribution in [0.5, 0.6) is 11.6 Å². The summed E-state index contributed by atoms with van der Waals surface area (Å²) in [4.78, 5) is 0. The monoisotopic (exact) mass is 257 g/mol. The predicted octanol–water partition coefficient (Wildman–Crippen LogP) is 3.03. The largest absolute Gasteiger partial charge is 0.437 e. The van der Waals surface area contributed by atoms with Gasteiger partial charge in [0.2, 0.25) is 5.88 Å². The fourth-order valence-electron chi connectivity index (χ4n) is 1.72. The van der Waals surface area contributed by atoms with Crippen LogP contribution in [0.3, 0.4) is 0 Å². The van der Waals surface area contributed by atoms with Gasteiger partial charge in [0.15, 0.2) is 0 Å². The molecule has 19 heavy (non-hydrogen) atoms. The Labute approximate surface area is 113 Å². The normalized spacial score (nSPS) is 11.4. The molecule has 0 aliphatic rings. The summed E-state index contributed by atoms with van der Waals surface area (Å²) in [6.07, 6.45) is 1.61. The lowest BCUT2D eigenvalue weighted by atomic mass is 9.87. The zero-order valence-corrected chi connectivity index (χ0v) is 11.6. The van der Waals surface area contributed by atoms with E-state index in [2.05, 4.69) is 37.0 Å². The van der Waals surface area contributed by atoms with Crippen molar-refractivity contribution in [3.8, 4) is 11.6 Å². The summed E-state index contributed by atoms with van der Waals surface area (Å²) in [5, 5.41) is 7.81. The molecule has 0 saturated carbocycles. The third-order valence-electron chi connectivity index (χ3n) is 2.90. The quantitative estimate of drug-likeness (QED) is 0.918. The molecule has 2 rings (SSSR count). The topological polar surface area (TPSA) is 61.0 Å². The summed E-state index contributed by atoms with van der Waals surface area (Å²) in [5.41, 5.74) is 7.79. The van der Waals surface area contributed by atoms with Gasteiger partial charge in [0.1, 0.15) is 5.75 Å². The average molecular weight is 257 g/mol. The summed E-state index contributed by atoms with van der Waals surface area (Å²) in [5.74, 6) is 1.22. The number of aromatic nitrogens is 2. The van der Waals surface area contributed by atoms with Crippen LogP contribution in [-0.4, -0.2) is 10.2 Å². The zero-order valence-electron chi connectivity index (χ0n) is 11.6. The first kappa shape index (κ1) is 13.5. The van der Waals surface area contributed by atoms with Gasteiger partial charge in [-0.05, 0) is 29.2 Å². The van der Waals surface area contributed by atoms with Gasteiger partial charge in [-0.15, -0.1) is 5.10 Å². The van der Waals surface area contributed by atoms with Gasteiger partial charge in [-0.1, -0.05) is 32.9 Å². The molecule has 0 radical (unpaired) electrons. The molecule has 0 saturated heterocycles. The molecule has 1 aromatic carbocycles. The van der Waals surface area contributed by atoms with Gasteiger partial charge in [0.25, 0.3) is 0 Å². The van der Waals surface area contributed by atoms with E-state index in [0.717, 1.165) is 11.3 Å². The minimum absolute atomic E-state index is 0.0818. The lowest BCUT2D eigenvalue weighted by Crippen LogP contribution is -2.10. The molecule has 0 bridgehead atoms. The van der Waals surface area contributed by atoms with Crippen LogP contribution in [0.2, 0.25) is 0 Å². The zero-order chi connectivity index (χ0) is 13.9. The van der Waals surface area contributed by atoms with E-state index >= 15 is 0 Å². The van der Waals surface area contributed by atoms with Gasteiger partial charge in [-0.3, -0.25) is 0 Å². The highest BCUT2D eigenvalue weighted by Gasteiger charge is 2.14. The number of hydrogen-bond acceptors (Lipinski definition) is 4. The number of nitrogens with two attached hydrogens (primary N) is 1. The first-order valence-corrected chi connectivity index (χ1v) is 6.30. The van der Waals surface area contributed by atoms with Crippen LogP contribution in [0.1, 0.15) is 31.9 Å². The van der Waals surface area contributed by atoms with E-state index in [1.165, 1.54) is 5.56 Å². The molecule has 100 valence electrons. The first-order valence-electron chi connectivity index (χ1n) is 6.30. The van der Waals surface area contributed by atoms with Crippen molar-refractivity contribution >= 4 is 0 Å². The molecular formula is C15H19N3O. The van der Waals surface area contributed by atoms with Gasteiger partial charge in [0, 0.05) is 12.1 Å². The number of ether oxygens (including phenoxy) is 1. The number of benzene rings is 1. The van der Waals surface area contributed by atoms with Gasteiger partial charge >= 0.3 is 0 Å². The molecular weight excluding hydrogens is 238 g/mol. The SMILES string of the molecule is CC(C)(C)c1cccc(Oc2nnccc2CN)c1. The van der Waals surface area contributed by atoms with E-state index in [1.54, 1.807) is 6.20 Å². The molecule has 4 nitrogen and oxygen atoms in total. The van der Waals surface area contributed by atoms with Crippen molar-refractivity contribution in [2.24, 2.45) is 5.73 Å². The van der Waals surface area contributed by atoms with Crippen molar-refractivity contribution in [3.05, 3.63) is 47.7 Å². The summed E-state index contributed by atoms with van der Waals surface area (Å²) < 4.78 is 5.78. The molecule has 0 fully saturated rings. The smallest absolute Gasteiger partial charge is 0.243 e. The van der Waals surface area contributed by atoms with E-state index in [9.17, 15) is 0 Å². The fourth-order valence-corrected chi connectivity index (χ4v) is 1.72. The highest BCUT2D eigenvalue weighted by molar-refractivity contribution is 5.36. The first-order chi connectivity index (χ1) is 9.00. The van der Waals surface area contributed by atoms with E-state index in [4.69, 9.17) is 10.5 Å². The van der Waals surface area contributed by atoms with E-state index in [0.29, 0.717) is 12.4 Å². The molecule has 2 N–H and O–H groups in total. The van der Waals surface area contributed by atoms with E-state index < -0.39 is 0 Å². The number of nitrogens with zero attached hydrogens (tertiary/aromatic N) is 2. The molecule has 2 aromatic rings. The molecule has 0 spiro atoms. The number of hydrogen-bond donors (Lipinski definition) is 1. The summed E-state index contributed by atoms with van der Waals surface area (Å²) in [7, 11) is 0. The summed E-state index contributed by atoms with van der Waals surface area (Å²) >= 11 is 0. The molecule has 0 unspecified atom stereocenters. The fraction of sp³-hybridized carbons (Fsp3) is 0.333. The van der Waals surface area contributed by atoms with E-state index in [1.807, 2.05) is 24.3 Å². The second-order valence-electron chi connectivity index (χ2n) is 5.45. The van der Waals surface area contributed by atoms with Crippen LogP contribution in [-0.2, 0) is 12.0 Å². The molecule has 0 aliphatic heterocycles. The van der Waals surface area contributed by atoms with Gasteiger partial charge in [-0.2, -0.15) is 5.10 Å². The Hall–Kier alpha value is -1.94. The Kier molecular flexibility index (Phi) is 3.81. The minimum atomic E-state index is 0.0818. The number of rotatable bonds is 3. The van der Waals surface area contributed by atoms with Crippen LogP contribution in [0.25, 0.3) is 0 Å². The van der Waals surface area contributed by atoms with Crippen LogP contribution in [0, 0.1) is 0 Å². The van der Waals surface area contributed by atoms with E-state index in [-0.39, 0.29) is 5.41 Å². The molecule has 0 amide bonds. The standard InChI is InChI=1S/C15H19N3O/c1-15(2,3)12-5-4-6-13(9-12)19-14-11(10-16)7-8-17-18-14/h4-9H,10,16H2,1-3H3. The maximum atomic E-state index is 5.78. The van der Waals surface area contributed by atoms with Crippen molar-refractivity contribution in [2.45, 2.75) is 32.7 Å². The maximum absolute atomic E-state index is 5.78. The average Bonchev–Trinajstić information content (AvgIpc) is 2.39. The Balaban J connectivity index is 2.29. The van der Waals surface area contributed by atoms with Gasteiger partial charge in [0.05, 0.1) is 6.20 Å². The highest BCUT2D eigenvalue weighted by atomic mass is 16.5. The highest BCUT2D eigenvalue weighted by Crippen LogP contribution is 2.28. The second-order valence-corrected chi connectivity index (χ2v) is 5.45. The Morgan fingerprint density at radius 3 is 2.68 bits per heavy atom. The van der Waals surface area contributed by atoms with Gasteiger partial charge < -0.3 is 10.5 Å². The lowest BCUT2D eigenvalue weighted by molar-refractivity contribution is 0.445. The third kappa shape index (κ3) is 3.29. The van der Waals surface area contributed by atoms with Crippen LogP contribution >= 0.6 is 0 Å². The van der Waals surface area contributed by atoms with Crippen molar-refractivity contribution in [3.63, 3.8) is 0 Å². The van der Waals surface area contributed by atoms with Crippen molar-refractivity contribution < 1.29 is 4.74 Å². The molecule has 1 heterocycles. The lowest BCUT2D eigenvalue weighted by Gasteiger charge is -2.19. The second kappa shape index (κ2) is 5.36. The van der Waals surface area contributed by atoms with Crippen LogP contribution in [0.15, 0.2) is 36.5 Å². The third-order valence-corrected chi connectivity index (χ3v) is 2.90. The summed E-state index contributed by atoms with van der Waals surface area (Å²) in [6.45, 7) is 6.88. The van der Waals surface area contributed by atoms with Gasteiger partial charge in [-0.25, -0.2) is 0 Å². The van der Waals surface area contributed by atoms with Crippen LogP contribution < -0.4 is 10.5 Å². The molecule has 0 aliphatic carbocycles. The molecule has 4 heteroatoms. The Morgan fingerprint density at radius 1 is 1.21 bits per heavy atom. The molecule has 0 atom stereocenters. The van der Waals surface area contributed by atoms with Crippen molar-refractivity contribution in [1.82, 2.24) is 10.2 Å². The molecule has 1 aromatic heterocycles. The maximum Gasteiger partial charge on any atom is 0.243 e. The van der Waals surface area contributed by atoms with Crippen molar-refractivity contribution in [1.29, 1.82) is 0 Å². The Morgan fingerprint density at radius 2 is 2.00 bits per heavy atom. The summed E-state index contributed by atoms with van der Waals surface area (Å²) in [6, 6.07) is 9.82.